The number of ether oxygens (including phenoxy) is 1. The van der Waals surface area contributed by atoms with Crippen molar-refractivity contribution in [1.82, 2.24) is 0 Å². The van der Waals surface area contributed by atoms with Gasteiger partial charge in [0.05, 0.1) is 12.2 Å². The third kappa shape index (κ3) is 3.07. The molecule has 1 N–H and O–H groups in total. The average molecular weight is 393 g/mol. The van der Waals surface area contributed by atoms with Crippen LogP contribution in [0.4, 0.5) is 4.39 Å². The van der Waals surface area contributed by atoms with Crippen molar-refractivity contribution < 1.29 is 14.2 Å². The summed E-state index contributed by atoms with van der Waals surface area (Å²) >= 11 is 12.5. The highest BCUT2D eigenvalue weighted by Crippen LogP contribution is 2.53. The van der Waals surface area contributed by atoms with E-state index in [2.05, 4.69) is 6.08 Å². The van der Waals surface area contributed by atoms with Crippen LogP contribution in [-0.2, 0) is 4.74 Å². The van der Waals surface area contributed by atoms with Crippen LogP contribution < -0.4 is 0 Å². The number of aliphatic hydroxyl groups is 1. The van der Waals surface area contributed by atoms with Crippen LogP contribution in [0.5, 0.6) is 0 Å². The first-order valence-corrected chi connectivity index (χ1v) is 9.45. The van der Waals surface area contributed by atoms with E-state index in [0.717, 1.165) is 29.5 Å². The number of hydrogen-bond donors (Lipinski definition) is 1. The molecule has 2 aromatic carbocycles. The first kappa shape index (κ1) is 18.0. The Morgan fingerprint density at radius 1 is 1.15 bits per heavy atom. The van der Waals surface area contributed by atoms with Crippen LogP contribution in [0.15, 0.2) is 48.5 Å². The quantitative estimate of drug-likeness (QED) is 0.749. The van der Waals surface area contributed by atoms with E-state index in [9.17, 15) is 9.50 Å². The smallest absolute Gasteiger partial charge is 0.123 e. The van der Waals surface area contributed by atoms with Crippen LogP contribution in [0.25, 0.3) is 5.57 Å². The normalized spacial score (nSPS) is 27.9. The second-order valence-electron chi connectivity index (χ2n) is 7.05. The van der Waals surface area contributed by atoms with Crippen LogP contribution in [0.2, 0.25) is 10.0 Å². The first-order chi connectivity index (χ1) is 12.5. The minimum Gasteiger partial charge on any atom is -0.396 e. The van der Waals surface area contributed by atoms with Gasteiger partial charge in [-0.25, -0.2) is 4.39 Å². The Kier molecular flexibility index (Phi) is 4.83. The van der Waals surface area contributed by atoms with Gasteiger partial charge in [0.25, 0.3) is 0 Å². The molecule has 1 spiro atoms. The molecule has 2 aromatic rings. The van der Waals surface area contributed by atoms with Crippen molar-refractivity contribution in [3.05, 3.63) is 75.5 Å². The zero-order chi connectivity index (χ0) is 18.3. The van der Waals surface area contributed by atoms with E-state index in [0.29, 0.717) is 16.7 Å². The highest BCUT2D eigenvalue weighted by molar-refractivity contribution is 6.34. The standard InChI is InChI=1S/C21H19Cl2FO2/c22-16-3-6-19(23)18(9-16)15-10-21(26-12-15)8-7-14(11-25)20(21)13-1-4-17(24)5-2-13/h1-6,9-10,14,20,25H,7-8,11-12H2/t14?,20-,21-/m1/s1. The zero-order valence-corrected chi connectivity index (χ0v) is 15.6. The molecule has 1 unspecified atom stereocenters. The summed E-state index contributed by atoms with van der Waals surface area (Å²) in [7, 11) is 0. The molecule has 0 radical (unpaired) electrons. The summed E-state index contributed by atoms with van der Waals surface area (Å²) in [5, 5.41) is 11.1. The monoisotopic (exact) mass is 392 g/mol. The molecule has 3 atom stereocenters. The lowest BCUT2D eigenvalue weighted by Crippen LogP contribution is -2.33. The number of hydrogen-bond acceptors (Lipinski definition) is 2. The topological polar surface area (TPSA) is 29.5 Å². The van der Waals surface area contributed by atoms with Gasteiger partial charge < -0.3 is 9.84 Å². The Morgan fingerprint density at radius 3 is 2.65 bits per heavy atom. The molecular formula is C21H19Cl2FO2. The third-order valence-electron chi connectivity index (χ3n) is 5.56. The SMILES string of the molecule is OCC1CC[C@@]2(C=C(c3cc(Cl)ccc3Cl)CO2)[C@@H]1c1ccc(F)cc1. The maximum atomic E-state index is 13.4. The molecule has 0 bridgehead atoms. The van der Waals surface area contributed by atoms with Gasteiger partial charge in [0.2, 0.25) is 0 Å². The second kappa shape index (κ2) is 6.97. The van der Waals surface area contributed by atoms with Crippen LogP contribution >= 0.6 is 23.2 Å². The molecule has 1 aliphatic heterocycles. The average Bonchev–Trinajstić information content (AvgIpc) is 3.22. The highest BCUT2D eigenvalue weighted by atomic mass is 35.5. The molecule has 1 saturated carbocycles. The predicted molar refractivity (Wildman–Crippen MR) is 102 cm³/mol. The number of benzene rings is 2. The molecule has 1 fully saturated rings. The number of rotatable bonds is 3. The molecule has 1 aliphatic carbocycles. The van der Waals surface area contributed by atoms with E-state index in [-0.39, 0.29) is 24.3 Å². The zero-order valence-electron chi connectivity index (χ0n) is 14.1. The Morgan fingerprint density at radius 2 is 1.92 bits per heavy atom. The van der Waals surface area contributed by atoms with Crippen LogP contribution in [-0.4, -0.2) is 23.9 Å². The summed E-state index contributed by atoms with van der Waals surface area (Å²) in [6.07, 6.45) is 3.79. The van der Waals surface area contributed by atoms with Crippen molar-refractivity contribution in [2.24, 2.45) is 5.92 Å². The minimum absolute atomic E-state index is 0.0245. The molecule has 2 nitrogen and oxygen atoms in total. The van der Waals surface area contributed by atoms with Gasteiger partial charge in [-0.2, -0.15) is 0 Å². The van der Waals surface area contributed by atoms with Gasteiger partial charge in [-0.3, -0.25) is 0 Å². The van der Waals surface area contributed by atoms with Crippen molar-refractivity contribution in [1.29, 1.82) is 0 Å². The molecule has 0 saturated heterocycles. The molecule has 136 valence electrons. The molecule has 4 rings (SSSR count). The van der Waals surface area contributed by atoms with E-state index in [1.165, 1.54) is 12.1 Å². The lowest BCUT2D eigenvalue weighted by molar-refractivity contribution is 0.0107. The fourth-order valence-corrected chi connectivity index (χ4v) is 4.78. The Labute approximate surface area is 162 Å². The number of aliphatic hydroxyl groups excluding tert-OH is 1. The van der Waals surface area contributed by atoms with Crippen LogP contribution in [0.3, 0.4) is 0 Å². The lowest BCUT2D eigenvalue weighted by Gasteiger charge is -2.32. The summed E-state index contributed by atoms with van der Waals surface area (Å²) in [5.41, 5.74) is 2.36. The van der Waals surface area contributed by atoms with Crippen molar-refractivity contribution >= 4 is 28.8 Å². The van der Waals surface area contributed by atoms with Crippen LogP contribution in [0.1, 0.15) is 29.9 Å². The van der Waals surface area contributed by atoms with Gasteiger partial charge in [0, 0.05) is 22.6 Å². The van der Waals surface area contributed by atoms with Gasteiger partial charge in [-0.05, 0) is 71.9 Å². The molecular weight excluding hydrogens is 374 g/mol. The summed E-state index contributed by atoms with van der Waals surface area (Å²) < 4.78 is 19.7. The summed E-state index contributed by atoms with van der Waals surface area (Å²) in [5.74, 6) is -0.218. The number of halogens is 3. The summed E-state index contributed by atoms with van der Waals surface area (Å²) in [4.78, 5) is 0. The van der Waals surface area contributed by atoms with E-state index < -0.39 is 5.60 Å². The lowest BCUT2D eigenvalue weighted by atomic mass is 9.80. The Hall–Kier alpha value is -1.39. The van der Waals surface area contributed by atoms with E-state index in [1.54, 1.807) is 24.3 Å². The Bertz CT molecular complexity index is 850. The molecule has 26 heavy (non-hydrogen) atoms. The third-order valence-corrected chi connectivity index (χ3v) is 6.12. The molecule has 0 amide bonds. The molecule has 1 heterocycles. The van der Waals surface area contributed by atoms with Gasteiger partial charge in [0.15, 0.2) is 0 Å². The molecule has 0 aromatic heterocycles. The van der Waals surface area contributed by atoms with Gasteiger partial charge in [0.1, 0.15) is 5.82 Å². The Balaban J connectivity index is 1.75. The largest absolute Gasteiger partial charge is 0.396 e. The predicted octanol–water partition coefficient (Wildman–Crippen LogP) is 5.47. The van der Waals surface area contributed by atoms with Crippen molar-refractivity contribution in [3.63, 3.8) is 0 Å². The van der Waals surface area contributed by atoms with Crippen molar-refractivity contribution in [2.75, 3.05) is 13.2 Å². The fraction of sp³-hybridized carbons (Fsp3) is 0.333. The van der Waals surface area contributed by atoms with Gasteiger partial charge in [-0.15, -0.1) is 0 Å². The molecule has 5 heteroatoms. The highest BCUT2D eigenvalue weighted by Gasteiger charge is 2.51. The van der Waals surface area contributed by atoms with Gasteiger partial charge in [-0.1, -0.05) is 35.3 Å². The van der Waals surface area contributed by atoms with Gasteiger partial charge >= 0.3 is 0 Å². The van der Waals surface area contributed by atoms with Crippen molar-refractivity contribution in [2.45, 2.75) is 24.4 Å². The summed E-state index contributed by atoms with van der Waals surface area (Å²) in [6, 6.07) is 11.9. The summed E-state index contributed by atoms with van der Waals surface area (Å²) in [6.45, 7) is 0.518. The second-order valence-corrected chi connectivity index (χ2v) is 7.89. The first-order valence-electron chi connectivity index (χ1n) is 8.70. The van der Waals surface area contributed by atoms with E-state index in [1.807, 2.05) is 6.07 Å². The minimum atomic E-state index is -0.508. The molecule has 2 aliphatic rings. The fourth-order valence-electron chi connectivity index (χ4n) is 4.37. The van der Waals surface area contributed by atoms with Crippen LogP contribution in [0, 0.1) is 11.7 Å². The maximum absolute atomic E-state index is 13.4. The van der Waals surface area contributed by atoms with Crippen molar-refractivity contribution in [3.8, 4) is 0 Å². The van der Waals surface area contributed by atoms with E-state index in [4.69, 9.17) is 27.9 Å². The van der Waals surface area contributed by atoms with E-state index >= 15 is 0 Å². The maximum Gasteiger partial charge on any atom is 0.123 e.